The second kappa shape index (κ2) is 8.11. The molecule has 2 rings (SSSR count). The van der Waals surface area contributed by atoms with Gasteiger partial charge in [-0.2, -0.15) is 0 Å². The molecule has 0 heterocycles. The number of carboxylic acid groups (broad SMARTS) is 2. The summed E-state index contributed by atoms with van der Waals surface area (Å²) in [6.45, 7) is 0. The van der Waals surface area contributed by atoms with E-state index in [1.807, 2.05) is 0 Å². The number of nitrogens with zero attached hydrogens (tertiary/aromatic N) is 1. The lowest BCUT2D eigenvalue weighted by Crippen LogP contribution is -1.96. The highest BCUT2D eigenvalue weighted by atomic mass is 35.5. The van der Waals surface area contributed by atoms with Gasteiger partial charge in [-0.3, -0.25) is 10.1 Å². The summed E-state index contributed by atoms with van der Waals surface area (Å²) >= 11 is 11.1. The van der Waals surface area contributed by atoms with Crippen LogP contribution in [0.1, 0.15) is 20.7 Å². The zero-order chi connectivity index (χ0) is 17.6. The third-order valence-corrected chi connectivity index (χ3v) is 3.23. The van der Waals surface area contributed by atoms with Crippen LogP contribution in [0.4, 0.5) is 5.69 Å². The highest BCUT2D eigenvalue weighted by molar-refractivity contribution is 6.42. The number of hydrogen-bond acceptors (Lipinski definition) is 4. The van der Waals surface area contributed by atoms with E-state index in [9.17, 15) is 19.7 Å². The van der Waals surface area contributed by atoms with Crippen molar-refractivity contribution in [1.29, 1.82) is 0 Å². The van der Waals surface area contributed by atoms with Crippen molar-refractivity contribution in [3.8, 4) is 0 Å². The van der Waals surface area contributed by atoms with Crippen LogP contribution in [0.5, 0.6) is 0 Å². The van der Waals surface area contributed by atoms with Gasteiger partial charge in [0.15, 0.2) is 0 Å². The highest BCUT2D eigenvalue weighted by Crippen LogP contribution is 2.22. The Morgan fingerprint density at radius 1 is 0.870 bits per heavy atom. The summed E-state index contributed by atoms with van der Waals surface area (Å²) < 4.78 is 0. The number of non-ortho nitro benzene ring substituents is 1. The van der Waals surface area contributed by atoms with Crippen LogP contribution >= 0.6 is 23.2 Å². The summed E-state index contributed by atoms with van der Waals surface area (Å²) in [6, 6.07) is 8.87. The third-order valence-electron chi connectivity index (χ3n) is 2.49. The van der Waals surface area contributed by atoms with Gasteiger partial charge < -0.3 is 10.2 Å². The average molecular weight is 358 g/mol. The van der Waals surface area contributed by atoms with Crippen molar-refractivity contribution in [2.45, 2.75) is 0 Å². The molecule has 2 aromatic carbocycles. The van der Waals surface area contributed by atoms with Gasteiger partial charge >= 0.3 is 11.9 Å². The van der Waals surface area contributed by atoms with Crippen LogP contribution in [0.3, 0.4) is 0 Å². The summed E-state index contributed by atoms with van der Waals surface area (Å²) in [5.41, 5.74) is 0.0694. The number of nitro benzene ring substituents is 1. The van der Waals surface area contributed by atoms with Crippen molar-refractivity contribution in [1.82, 2.24) is 0 Å². The van der Waals surface area contributed by atoms with Gasteiger partial charge in [0.2, 0.25) is 0 Å². The molecule has 0 unspecified atom stereocenters. The molecule has 7 nitrogen and oxygen atoms in total. The Labute approximate surface area is 139 Å². The number of halogens is 2. The largest absolute Gasteiger partial charge is 0.478 e. The number of carboxylic acids is 2. The zero-order valence-corrected chi connectivity index (χ0v) is 12.8. The van der Waals surface area contributed by atoms with Crippen LogP contribution in [0.15, 0.2) is 42.5 Å². The standard InChI is InChI=1S/C7H4Cl2O2.C7H5NO4/c8-5-2-1-4(7(10)11)3-6(5)9;9-7(10)5-1-3-6(4-2-5)8(11)12/h1-3H,(H,10,11);1-4H,(H,9,10). The maximum absolute atomic E-state index is 10.4. The van der Waals surface area contributed by atoms with E-state index in [4.69, 9.17) is 33.4 Å². The van der Waals surface area contributed by atoms with Gasteiger partial charge in [-0.05, 0) is 30.3 Å². The molecule has 0 saturated heterocycles. The van der Waals surface area contributed by atoms with E-state index in [1.54, 1.807) is 0 Å². The molecular weight excluding hydrogens is 349 g/mol. The van der Waals surface area contributed by atoms with E-state index < -0.39 is 16.9 Å². The Kier molecular flexibility index (Phi) is 6.49. The average Bonchev–Trinajstić information content (AvgIpc) is 2.50. The maximum atomic E-state index is 10.4. The van der Waals surface area contributed by atoms with Crippen molar-refractivity contribution in [2.75, 3.05) is 0 Å². The topological polar surface area (TPSA) is 118 Å². The van der Waals surface area contributed by atoms with Crippen molar-refractivity contribution >= 4 is 40.8 Å². The Morgan fingerprint density at radius 3 is 1.74 bits per heavy atom. The first-order valence-corrected chi connectivity index (χ1v) is 6.64. The van der Waals surface area contributed by atoms with Crippen LogP contribution in [-0.2, 0) is 0 Å². The number of carbonyl (C=O) groups is 2. The molecular formula is C14H9Cl2NO6. The van der Waals surface area contributed by atoms with Gasteiger partial charge in [-0.15, -0.1) is 0 Å². The first-order chi connectivity index (χ1) is 10.7. The summed E-state index contributed by atoms with van der Waals surface area (Å²) in [5, 5.41) is 27.7. The SMILES string of the molecule is O=C(O)c1ccc(Cl)c(Cl)c1.O=C(O)c1ccc([N+](=O)[O-])cc1. The maximum Gasteiger partial charge on any atom is 0.335 e. The second-order valence-electron chi connectivity index (χ2n) is 4.04. The fraction of sp³-hybridized carbons (Fsp3) is 0. The molecule has 0 spiro atoms. The molecule has 0 bridgehead atoms. The van der Waals surface area contributed by atoms with E-state index in [0.717, 1.165) is 12.1 Å². The Morgan fingerprint density at radius 2 is 1.35 bits per heavy atom. The molecule has 120 valence electrons. The van der Waals surface area contributed by atoms with Crippen molar-refractivity contribution in [3.05, 3.63) is 73.8 Å². The van der Waals surface area contributed by atoms with Crippen LogP contribution in [-0.4, -0.2) is 27.1 Å². The molecule has 0 aromatic heterocycles. The number of aromatic carboxylic acids is 2. The number of benzene rings is 2. The zero-order valence-electron chi connectivity index (χ0n) is 11.3. The van der Waals surface area contributed by atoms with Gasteiger partial charge in [0.25, 0.3) is 5.69 Å². The van der Waals surface area contributed by atoms with Gasteiger partial charge in [-0.1, -0.05) is 23.2 Å². The molecule has 2 aromatic rings. The lowest BCUT2D eigenvalue weighted by atomic mass is 10.2. The summed E-state index contributed by atoms with van der Waals surface area (Å²) in [7, 11) is 0. The molecule has 0 radical (unpaired) electrons. The lowest BCUT2D eigenvalue weighted by Gasteiger charge is -1.96. The molecule has 0 aliphatic rings. The molecule has 0 fully saturated rings. The summed E-state index contributed by atoms with van der Waals surface area (Å²) in [4.78, 5) is 30.2. The quantitative estimate of drug-likeness (QED) is 0.633. The minimum absolute atomic E-state index is 0.0422. The van der Waals surface area contributed by atoms with Crippen LogP contribution < -0.4 is 0 Å². The molecule has 9 heteroatoms. The number of nitro groups is 1. The smallest absolute Gasteiger partial charge is 0.335 e. The lowest BCUT2D eigenvalue weighted by molar-refractivity contribution is -0.384. The van der Waals surface area contributed by atoms with Crippen LogP contribution in [0, 0.1) is 10.1 Å². The molecule has 23 heavy (non-hydrogen) atoms. The van der Waals surface area contributed by atoms with E-state index >= 15 is 0 Å². The summed E-state index contributed by atoms with van der Waals surface area (Å²) in [6.07, 6.45) is 0. The van der Waals surface area contributed by atoms with E-state index in [2.05, 4.69) is 0 Å². The first kappa shape index (κ1) is 18.4. The minimum Gasteiger partial charge on any atom is -0.478 e. The summed E-state index contributed by atoms with van der Waals surface area (Å²) in [5.74, 6) is -2.10. The molecule has 0 atom stereocenters. The predicted octanol–water partition coefficient (Wildman–Crippen LogP) is 3.98. The molecule has 2 N–H and O–H groups in total. The van der Waals surface area contributed by atoms with Gasteiger partial charge in [0.05, 0.1) is 26.1 Å². The normalized spacial score (nSPS) is 9.48. The molecule has 0 saturated carbocycles. The first-order valence-electron chi connectivity index (χ1n) is 5.88. The second-order valence-corrected chi connectivity index (χ2v) is 4.86. The van der Waals surface area contributed by atoms with E-state index in [0.29, 0.717) is 5.02 Å². The fourth-order valence-electron chi connectivity index (χ4n) is 1.35. The minimum atomic E-state index is -1.09. The van der Waals surface area contributed by atoms with Crippen molar-refractivity contribution in [3.63, 3.8) is 0 Å². The Hall–Kier alpha value is -2.64. The van der Waals surface area contributed by atoms with Crippen LogP contribution in [0.25, 0.3) is 0 Å². The third kappa shape index (κ3) is 5.57. The van der Waals surface area contributed by atoms with Crippen molar-refractivity contribution < 1.29 is 24.7 Å². The fourth-order valence-corrected chi connectivity index (χ4v) is 1.65. The van der Waals surface area contributed by atoms with Gasteiger partial charge in [0.1, 0.15) is 0 Å². The molecule has 0 aliphatic carbocycles. The van der Waals surface area contributed by atoms with Gasteiger partial charge in [0, 0.05) is 12.1 Å². The monoisotopic (exact) mass is 357 g/mol. The van der Waals surface area contributed by atoms with Crippen LogP contribution in [0.2, 0.25) is 10.0 Å². The molecule has 0 aliphatic heterocycles. The highest BCUT2D eigenvalue weighted by Gasteiger charge is 2.07. The number of rotatable bonds is 3. The van der Waals surface area contributed by atoms with Crippen molar-refractivity contribution in [2.24, 2.45) is 0 Å². The Bertz CT molecular complexity index is 712. The van der Waals surface area contributed by atoms with E-state index in [1.165, 1.54) is 30.3 Å². The Balaban J connectivity index is 0.000000231. The number of hydrogen-bond donors (Lipinski definition) is 2. The molecule has 0 amide bonds. The predicted molar refractivity (Wildman–Crippen MR) is 83.5 cm³/mol. The van der Waals surface area contributed by atoms with Gasteiger partial charge in [-0.25, -0.2) is 9.59 Å². The van der Waals surface area contributed by atoms with E-state index in [-0.39, 0.29) is 21.8 Å².